The summed E-state index contributed by atoms with van der Waals surface area (Å²) in [6, 6.07) is 14.8. The zero-order valence-corrected chi connectivity index (χ0v) is 14.6. The van der Waals surface area contributed by atoms with E-state index in [9.17, 15) is 9.59 Å². The van der Waals surface area contributed by atoms with Crippen LogP contribution in [0.3, 0.4) is 0 Å². The van der Waals surface area contributed by atoms with E-state index >= 15 is 0 Å². The second-order valence-corrected chi connectivity index (χ2v) is 6.38. The molecule has 0 saturated carbocycles. The van der Waals surface area contributed by atoms with E-state index in [2.05, 4.69) is 26.7 Å². The van der Waals surface area contributed by atoms with Gasteiger partial charge in [-0.15, -0.1) is 0 Å². The van der Waals surface area contributed by atoms with E-state index in [0.717, 1.165) is 15.7 Å². The minimum atomic E-state index is -0.282. The summed E-state index contributed by atoms with van der Waals surface area (Å²) in [5.41, 5.74) is 5.69. The number of rotatable bonds is 3. The number of carbonyl (C=O) groups excluding carboxylic acids is 2. The standard InChI is InChI=1S/C18H16BrN3O2/c1-12-3-2-4-14(11-12)20-18(24)16-9-10-17(23)22(21-16)15-7-5-13(19)6-8-15/h2-9,11,21H,10H2,1H3,(H,20,24). The molecule has 122 valence electrons. The van der Waals surface area contributed by atoms with Gasteiger partial charge in [-0.05, 0) is 55.0 Å². The number of hydrazine groups is 1. The van der Waals surface area contributed by atoms with Crippen molar-refractivity contribution in [2.75, 3.05) is 10.3 Å². The number of nitrogens with one attached hydrogen (secondary N) is 2. The van der Waals surface area contributed by atoms with Crippen molar-refractivity contribution < 1.29 is 9.59 Å². The molecule has 0 fully saturated rings. The Morgan fingerprint density at radius 2 is 1.96 bits per heavy atom. The van der Waals surface area contributed by atoms with Crippen molar-refractivity contribution in [1.29, 1.82) is 0 Å². The molecule has 0 radical (unpaired) electrons. The van der Waals surface area contributed by atoms with Crippen molar-refractivity contribution in [2.45, 2.75) is 13.3 Å². The van der Waals surface area contributed by atoms with Gasteiger partial charge < -0.3 is 5.32 Å². The fourth-order valence-electron chi connectivity index (χ4n) is 2.37. The number of hydrogen-bond donors (Lipinski definition) is 2. The quantitative estimate of drug-likeness (QED) is 0.849. The van der Waals surface area contributed by atoms with Gasteiger partial charge in [-0.1, -0.05) is 28.1 Å². The van der Waals surface area contributed by atoms with Crippen molar-refractivity contribution in [3.8, 4) is 0 Å². The predicted molar refractivity (Wildman–Crippen MR) is 97.3 cm³/mol. The van der Waals surface area contributed by atoms with E-state index in [4.69, 9.17) is 0 Å². The van der Waals surface area contributed by atoms with Gasteiger partial charge in [0.15, 0.2) is 0 Å². The van der Waals surface area contributed by atoms with Crippen LogP contribution in [0.25, 0.3) is 0 Å². The van der Waals surface area contributed by atoms with Gasteiger partial charge >= 0.3 is 0 Å². The summed E-state index contributed by atoms with van der Waals surface area (Å²) in [5, 5.41) is 4.22. The molecule has 0 aliphatic carbocycles. The van der Waals surface area contributed by atoms with Gasteiger partial charge in [-0.2, -0.15) is 0 Å². The van der Waals surface area contributed by atoms with Gasteiger partial charge in [-0.3, -0.25) is 15.0 Å². The highest BCUT2D eigenvalue weighted by Gasteiger charge is 2.24. The maximum Gasteiger partial charge on any atom is 0.273 e. The fourth-order valence-corrected chi connectivity index (χ4v) is 2.64. The summed E-state index contributed by atoms with van der Waals surface area (Å²) in [5.74, 6) is -0.403. The molecule has 2 aromatic carbocycles. The van der Waals surface area contributed by atoms with Crippen LogP contribution in [0.4, 0.5) is 11.4 Å². The summed E-state index contributed by atoms with van der Waals surface area (Å²) in [6.07, 6.45) is 1.77. The average Bonchev–Trinajstić information content (AvgIpc) is 2.56. The number of amides is 2. The first kappa shape index (κ1) is 16.3. The van der Waals surface area contributed by atoms with E-state index in [-0.39, 0.29) is 18.2 Å². The van der Waals surface area contributed by atoms with Crippen molar-refractivity contribution in [3.63, 3.8) is 0 Å². The molecule has 24 heavy (non-hydrogen) atoms. The number of halogens is 1. The van der Waals surface area contributed by atoms with E-state index in [1.54, 1.807) is 18.2 Å². The van der Waals surface area contributed by atoms with Crippen LogP contribution >= 0.6 is 15.9 Å². The maximum absolute atomic E-state index is 12.4. The number of anilines is 2. The molecule has 0 saturated heterocycles. The Morgan fingerprint density at radius 1 is 1.21 bits per heavy atom. The van der Waals surface area contributed by atoms with Crippen molar-refractivity contribution in [3.05, 3.63) is 70.3 Å². The van der Waals surface area contributed by atoms with Crippen LogP contribution < -0.4 is 15.8 Å². The molecule has 5 nitrogen and oxygen atoms in total. The number of aryl methyl sites for hydroxylation is 1. The highest BCUT2D eigenvalue weighted by Crippen LogP contribution is 2.21. The lowest BCUT2D eigenvalue weighted by Crippen LogP contribution is -2.47. The first-order valence-corrected chi connectivity index (χ1v) is 8.25. The Hall–Kier alpha value is -2.60. The minimum absolute atomic E-state index is 0.121. The third-order valence-corrected chi connectivity index (χ3v) is 4.10. The van der Waals surface area contributed by atoms with Crippen molar-refractivity contribution in [2.24, 2.45) is 0 Å². The second-order valence-electron chi connectivity index (χ2n) is 5.46. The molecule has 0 unspecified atom stereocenters. The smallest absolute Gasteiger partial charge is 0.273 e. The lowest BCUT2D eigenvalue weighted by atomic mass is 10.2. The predicted octanol–water partition coefficient (Wildman–Crippen LogP) is 3.52. The molecule has 2 aromatic rings. The maximum atomic E-state index is 12.4. The van der Waals surface area contributed by atoms with Crippen LogP contribution in [0.15, 0.2) is 64.8 Å². The van der Waals surface area contributed by atoms with Gasteiger partial charge in [0.25, 0.3) is 5.91 Å². The summed E-state index contributed by atoms with van der Waals surface area (Å²) in [4.78, 5) is 24.6. The molecule has 2 amide bonds. The first-order valence-electron chi connectivity index (χ1n) is 7.46. The molecule has 6 heteroatoms. The molecule has 1 heterocycles. The molecular formula is C18H16BrN3O2. The van der Waals surface area contributed by atoms with E-state index in [1.165, 1.54) is 5.01 Å². The normalized spacial score (nSPS) is 14.0. The molecule has 3 rings (SSSR count). The molecule has 0 atom stereocenters. The first-order chi connectivity index (χ1) is 11.5. The number of benzene rings is 2. The van der Waals surface area contributed by atoms with Crippen LogP contribution in [0.1, 0.15) is 12.0 Å². The van der Waals surface area contributed by atoms with Crippen LogP contribution in [0.5, 0.6) is 0 Å². The van der Waals surface area contributed by atoms with Gasteiger partial charge in [-0.25, -0.2) is 5.01 Å². The zero-order valence-electron chi connectivity index (χ0n) is 13.0. The van der Waals surface area contributed by atoms with Crippen molar-refractivity contribution >= 4 is 39.1 Å². The Balaban J connectivity index is 1.75. The average molecular weight is 386 g/mol. The van der Waals surface area contributed by atoms with Gasteiger partial charge in [0.1, 0.15) is 5.70 Å². The van der Waals surface area contributed by atoms with Crippen LogP contribution in [0, 0.1) is 6.92 Å². The molecule has 1 aliphatic rings. The molecule has 0 bridgehead atoms. The van der Waals surface area contributed by atoms with Crippen LogP contribution in [-0.2, 0) is 9.59 Å². The van der Waals surface area contributed by atoms with E-state index in [0.29, 0.717) is 11.4 Å². The molecule has 0 spiro atoms. The van der Waals surface area contributed by atoms with E-state index < -0.39 is 0 Å². The topological polar surface area (TPSA) is 61.4 Å². The molecule has 2 N–H and O–H groups in total. The number of nitrogens with zero attached hydrogens (tertiary/aromatic N) is 1. The van der Waals surface area contributed by atoms with Crippen molar-refractivity contribution in [1.82, 2.24) is 5.43 Å². The molecule has 1 aliphatic heterocycles. The van der Waals surface area contributed by atoms with Crippen LogP contribution in [-0.4, -0.2) is 11.8 Å². The Bertz CT molecular complexity index is 815. The third-order valence-electron chi connectivity index (χ3n) is 3.57. The number of carbonyl (C=O) groups is 2. The summed E-state index contributed by atoms with van der Waals surface area (Å²) >= 11 is 3.36. The highest BCUT2D eigenvalue weighted by molar-refractivity contribution is 9.10. The lowest BCUT2D eigenvalue weighted by molar-refractivity contribution is -0.119. The van der Waals surface area contributed by atoms with E-state index in [1.807, 2.05) is 43.3 Å². The Morgan fingerprint density at radius 3 is 2.67 bits per heavy atom. The SMILES string of the molecule is Cc1cccc(NC(=O)C2=CCC(=O)N(c3ccc(Br)cc3)N2)c1. The Kier molecular flexibility index (Phi) is 4.66. The highest BCUT2D eigenvalue weighted by atomic mass is 79.9. The minimum Gasteiger partial charge on any atom is -0.321 e. The molecular weight excluding hydrogens is 370 g/mol. The number of hydrogen-bond acceptors (Lipinski definition) is 3. The molecule has 0 aromatic heterocycles. The summed E-state index contributed by atoms with van der Waals surface area (Å²) in [6.45, 7) is 1.96. The second kappa shape index (κ2) is 6.88. The third kappa shape index (κ3) is 3.65. The largest absolute Gasteiger partial charge is 0.321 e. The van der Waals surface area contributed by atoms with Crippen LogP contribution in [0.2, 0.25) is 0 Å². The summed E-state index contributed by atoms with van der Waals surface area (Å²) < 4.78 is 0.920. The fraction of sp³-hybridized carbons (Fsp3) is 0.111. The van der Waals surface area contributed by atoms with Gasteiger partial charge in [0.2, 0.25) is 5.91 Å². The zero-order chi connectivity index (χ0) is 17.1. The van der Waals surface area contributed by atoms with Gasteiger partial charge in [0, 0.05) is 16.6 Å². The van der Waals surface area contributed by atoms with Gasteiger partial charge in [0.05, 0.1) is 5.69 Å². The Labute approximate surface area is 148 Å². The monoisotopic (exact) mass is 385 g/mol. The lowest BCUT2D eigenvalue weighted by Gasteiger charge is -2.28. The summed E-state index contributed by atoms with van der Waals surface area (Å²) in [7, 11) is 0.